The predicted molar refractivity (Wildman–Crippen MR) is 39.0 cm³/mol. The largest absolute Gasteiger partial charge is 0.0528 e. The lowest BCUT2D eigenvalue weighted by molar-refractivity contribution is 0.379. The second-order valence-corrected chi connectivity index (χ2v) is 3.61. The van der Waals surface area contributed by atoms with E-state index >= 15 is 0 Å². The van der Waals surface area contributed by atoms with Crippen LogP contribution < -0.4 is 0 Å². The molecule has 0 heterocycles. The molecule has 0 heteroatoms. The maximum atomic E-state index is 2.57. The van der Waals surface area contributed by atoms with Crippen LogP contribution in [0.3, 0.4) is 0 Å². The van der Waals surface area contributed by atoms with Crippen LogP contribution in [0.4, 0.5) is 0 Å². The third kappa shape index (κ3) is 1.12. The molecule has 3 aliphatic rings. The fraction of sp³-hybridized carbons (Fsp3) is 0.889. The van der Waals surface area contributed by atoms with Crippen LogP contribution in [-0.2, 0) is 0 Å². The molecule has 3 rings (SSSR count). The van der Waals surface area contributed by atoms with Gasteiger partial charge in [0.1, 0.15) is 0 Å². The van der Waals surface area contributed by atoms with Crippen LogP contribution in [-0.4, -0.2) is 0 Å². The Morgan fingerprint density at radius 1 is 1.00 bits per heavy atom. The summed E-state index contributed by atoms with van der Waals surface area (Å²) in [4.78, 5) is 0. The zero-order valence-corrected chi connectivity index (χ0v) is 5.97. The summed E-state index contributed by atoms with van der Waals surface area (Å²) >= 11 is 0. The van der Waals surface area contributed by atoms with Crippen LogP contribution in [0, 0.1) is 18.3 Å². The standard InChI is InChI=1S/C9H15/c1-2-8-4-6-9(3-1)7-5-8/h4,8-9H,1-3,5-7H2. The molecule has 0 aromatic heterocycles. The molecule has 0 aliphatic heterocycles. The van der Waals surface area contributed by atoms with Gasteiger partial charge in [-0.25, -0.2) is 0 Å². The van der Waals surface area contributed by atoms with Crippen molar-refractivity contribution in [3.63, 3.8) is 0 Å². The van der Waals surface area contributed by atoms with Gasteiger partial charge in [-0.1, -0.05) is 25.7 Å². The van der Waals surface area contributed by atoms with Gasteiger partial charge in [0.25, 0.3) is 0 Å². The Morgan fingerprint density at radius 2 is 2.00 bits per heavy atom. The molecule has 1 radical (unpaired) electrons. The molecule has 0 spiro atoms. The molecule has 2 unspecified atom stereocenters. The highest BCUT2D eigenvalue weighted by Gasteiger charge is 2.24. The second-order valence-electron chi connectivity index (χ2n) is 3.61. The average molecular weight is 123 g/mol. The first-order valence-corrected chi connectivity index (χ1v) is 4.28. The smallest absolute Gasteiger partial charge is 0.0352 e. The van der Waals surface area contributed by atoms with Gasteiger partial charge in [-0.2, -0.15) is 0 Å². The van der Waals surface area contributed by atoms with Crippen molar-refractivity contribution < 1.29 is 0 Å². The molecular weight excluding hydrogens is 108 g/mol. The summed E-state index contributed by atoms with van der Waals surface area (Å²) in [5.41, 5.74) is 0. The first-order valence-electron chi connectivity index (χ1n) is 4.28. The summed E-state index contributed by atoms with van der Waals surface area (Å²) in [6, 6.07) is 0. The minimum Gasteiger partial charge on any atom is -0.0528 e. The maximum Gasteiger partial charge on any atom is -0.0352 e. The monoisotopic (exact) mass is 123 g/mol. The first kappa shape index (κ1) is 5.76. The van der Waals surface area contributed by atoms with Gasteiger partial charge >= 0.3 is 0 Å². The summed E-state index contributed by atoms with van der Waals surface area (Å²) in [5, 5.41) is 0. The van der Waals surface area contributed by atoms with Crippen LogP contribution in [0.25, 0.3) is 0 Å². The Kier molecular flexibility index (Phi) is 1.48. The lowest BCUT2D eigenvalue weighted by Gasteiger charge is -2.21. The summed E-state index contributed by atoms with van der Waals surface area (Å²) in [6.07, 6.45) is 11.6. The quantitative estimate of drug-likeness (QED) is 0.464. The minimum atomic E-state index is 1.02. The van der Waals surface area contributed by atoms with Crippen molar-refractivity contribution in [2.75, 3.05) is 0 Å². The molecule has 3 fully saturated rings. The third-order valence-electron chi connectivity index (χ3n) is 2.94. The van der Waals surface area contributed by atoms with Gasteiger partial charge in [0.05, 0.1) is 0 Å². The molecule has 0 saturated heterocycles. The van der Waals surface area contributed by atoms with E-state index in [2.05, 4.69) is 6.42 Å². The molecule has 2 bridgehead atoms. The zero-order valence-electron chi connectivity index (χ0n) is 5.97. The Balaban J connectivity index is 2.03. The molecule has 0 amide bonds. The molecule has 3 aliphatic carbocycles. The zero-order chi connectivity index (χ0) is 6.10. The average Bonchev–Trinajstić information content (AvgIpc) is 2.21. The Morgan fingerprint density at radius 3 is 2.78 bits per heavy atom. The van der Waals surface area contributed by atoms with E-state index in [0.717, 1.165) is 11.8 Å². The van der Waals surface area contributed by atoms with E-state index < -0.39 is 0 Å². The number of hydrogen-bond donors (Lipinski definition) is 0. The topological polar surface area (TPSA) is 0 Å². The maximum absolute atomic E-state index is 2.57. The molecule has 2 atom stereocenters. The highest BCUT2D eigenvalue weighted by atomic mass is 14.3. The van der Waals surface area contributed by atoms with Crippen molar-refractivity contribution in [3.8, 4) is 0 Å². The van der Waals surface area contributed by atoms with E-state index in [-0.39, 0.29) is 0 Å². The van der Waals surface area contributed by atoms with Gasteiger partial charge in [-0.3, -0.25) is 0 Å². The van der Waals surface area contributed by atoms with Crippen LogP contribution in [0.2, 0.25) is 0 Å². The van der Waals surface area contributed by atoms with E-state index in [9.17, 15) is 0 Å². The Bertz CT molecular complexity index is 70.7. The van der Waals surface area contributed by atoms with Gasteiger partial charge in [0.15, 0.2) is 0 Å². The van der Waals surface area contributed by atoms with E-state index in [0.29, 0.717) is 0 Å². The van der Waals surface area contributed by atoms with E-state index in [1.165, 1.54) is 38.5 Å². The predicted octanol–water partition coefficient (Wildman–Crippen LogP) is 2.79. The van der Waals surface area contributed by atoms with Gasteiger partial charge in [0.2, 0.25) is 0 Å². The van der Waals surface area contributed by atoms with Crippen molar-refractivity contribution in [3.05, 3.63) is 6.42 Å². The Labute approximate surface area is 57.6 Å². The first-order chi connectivity index (χ1) is 4.45. The molecule has 51 valence electrons. The van der Waals surface area contributed by atoms with Crippen molar-refractivity contribution >= 4 is 0 Å². The number of fused-ring (bicyclic) bond motifs is 4. The lowest BCUT2D eigenvalue weighted by Crippen LogP contribution is -2.09. The fourth-order valence-corrected chi connectivity index (χ4v) is 2.26. The van der Waals surface area contributed by atoms with Gasteiger partial charge < -0.3 is 0 Å². The third-order valence-corrected chi connectivity index (χ3v) is 2.94. The van der Waals surface area contributed by atoms with Crippen LogP contribution >= 0.6 is 0 Å². The second kappa shape index (κ2) is 2.32. The van der Waals surface area contributed by atoms with E-state index in [1.807, 2.05) is 0 Å². The van der Waals surface area contributed by atoms with Crippen LogP contribution in [0.15, 0.2) is 0 Å². The van der Waals surface area contributed by atoms with Crippen molar-refractivity contribution in [1.82, 2.24) is 0 Å². The van der Waals surface area contributed by atoms with Gasteiger partial charge in [-0.15, -0.1) is 0 Å². The normalized spacial score (nSPS) is 42.7. The van der Waals surface area contributed by atoms with Crippen LogP contribution in [0.1, 0.15) is 38.5 Å². The van der Waals surface area contributed by atoms with E-state index in [4.69, 9.17) is 0 Å². The molecule has 3 saturated carbocycles. The molecule has 0 aromatic rings. The molecular formula is C9H15. The molecule has 0 nitrogen and oxygen atoms in total. The summed E-state index contributed by atoms with van der Waals surface area (Å²) < 4.78 is 0. The van der Waals surface area contributed by atoms with Gasteiger partial charge in [0, 0.05) is 0 Å². The summed E-state index contributed by atoms with van der Waals surface area (Å²) in [7, 11) is 0. The highest BCUT2D eigenvalue weighted by Crippen LogP contribution is 2.37. The highest BCUT2D eigenvalue weighted by molar-refractivity contribution is 4.88. The molecule has 0 N–H and O–H groups in total. The number of rotatable bonds is 0. The summed E-state index contributed by atoms with van der Waals surface area (Å²) in [6.45, 7) is 0. The van der Waals surface area contributed by atoms with Crippen molar-refractivity contribution in [1.29, 1.82) is 0 Å². The SMILES string of the molecule is [CH]1CC2CCCC1CC2. The minimum absolute atomic E-state index is 1.02. The van der Waals surface area contributed by atoms with Gasteiger partial charge in [-0.05, 0) is 31.1 Å². The Hall–Kier alpha value is 0. The summed E-state index contributed by atoms with van der Waals surface area (Å²) in [5.74, 6) is 2.10. The van der Waals surface area contributed by atoms with Crippen molar-refractivity contribution in [2.45, 2.75) is 38.5 Å². The fourth-order valence-electron chi connectivity index (χ4n) is 2.26. The lowest BCUT2D eigenvalue weighted by atomic mass is 9.84. The number of hydrogen-bond acceptors (Lipinski definition) is 0. The van der Waals surface area contributed by atoms with Crippen LogP contribution in [0.5, 0.6) is 0 Å². The molecule has 9 heavy (non-hydrogen) atoms. The molecule has 0 aromatic carbocycles. The van der Waals surface area contributed by atoms with E-state index in [1.54, 1.807) is 0 Å². The van der Waals surface area contributed by atoms with Crippen molar-refractivity contribution in [2.24, 2.45) is 11.8 Å².